The number of fused-ring (bicyclic) bond motifs is 5. The molecule has 0 saturated carbocycles. The van der Waals surface area contributed by atoms with E-state index in [0.29, 0.717) is 17.6 Å². The van der Waals surface area contributed by atoms with Crippen molar-refractivity contribution in [3.63, 3.8) is 0 Å². The van der Waals surface area contributed by atoms with Crippen molar-refractivity contribution in [2.45, 2.75) is 0 Å². The minimum atomic E-state index is 0.581. The van der Waals surface area contributed by atoms with Crippen LogP contribution in [-0.4, -0.2) is 19.5 Å². The monoisotopic (exact) mass is 600 g/mol. The Morgan fingerprint density at radius 3 is 1.45 bits per heavy atom. The van der Waals surface area contributed by atoms with Crippen LogP contribution < -0.4 is 0 Å². The van der Waals surface area contributed by atoms with Crippen LogP contribution in [0.2, 0.25) is 0 Å². The van der Waals surface area contributed by atoms with Gasteiger partial charge in [-0.3, -0.25) is 4.57 Å². The van der Waals surface area contributed by atoms with E-state index in [2.05, 4.69) is 114 Å². The number of rotatable bonds is 5. The van der Waals surface area contributed by atoms with Crippen LogP contribution in [0.3, 0.4) is 0 Å². The summed E-state index contributed by atoms with van der Waals surface area (Å²) in [4.78, 5) is 15.4. The van der Waals surface area contributed by atoms with Crippen molar-refractivity contribution >= 4 is 32.6 Å². The van der Waals surface area contributed by atoms with Crippen molar-refractivity contribution in [2.75, 3.05) is 0 Å². The Morgan fingerprint density at radius 2 is 0.851 bits per heavy atom. The molecule has 0 aliphatic heterocycles. The summed E-state index contributed by atoms with van der Waals surface area (Å²) in [6.45, 7) is 0. The molecule has 0 aliphatic rings. The first kappa shape index (κ1) is 27.0. The lowest BCUT2D eigenvalue weighted by atomic mass is 9.94. The van der Waals surface area contributed by atoms with E-state index in [1.165, 1.54) is 21.7 Å². The molecule has 0 fully saturated rings. The maximum Gasteiger partial charge on any atom is 0.238 e. The molecule has 0 N–H and O–H groups in total. The lowest BCUT2D eigenvalue weighted by Crippen LogP contribution is -2.06. The smallest absolute Gasteiger partial charge is 0.238 e. The zero-order valence-electron chi connectivity index (χ0n) is 25.5. The van der Waals surface area contributed by atoms with Crippen molar-refractivity contribution in [1.29, 1.82) is 0 Å². The van der Waals surface area contributed by atoms with Gasteiger partial charge in [0.25, 0.3) is 0 Å². The molecule has 7 aromatic carbocycles. The molecule has 0 unspecified atom stereocenters. The Morgan fingerprint density at radius 1 is 0.340 bits per heavy atom. The fraction of sp³-hybridized carbons (Fsp3) is 0. The highest BCUT2D eigenvalue weighted by Crippen LogP contribution is 2.42. The van der Waals surface area contributed by atoms with E-state index in [1.54, 1.807) is 0 Å². The summed E-state index contributed by atoms with van der Waals surface area (Å²) in [5, 5.41) is 4.74. The molecule has 0 bridgehead atoms. The number of hydrogen-bond donors (Lipinski definition) is 0. The largest absolute Gasteiger partial charge is 0.278 e. The third kappa shape index (κ3) is 4.66. The lowest BCUT2D eigenvalue weighted by Gasteiger charge is -2.13. The van der Waals surface area contributed by atoms with E-state index in [4.69, 9.17) is 15.0 Å². The van der Waals surface area contributed by atoms with Crippen LogP contribution >= 0.6 is 0 Å². The van der Waals surface area contributed by atoms with Crippen molar-refractivity contribution in [3.05, 3.63) is 170 Å². The first-order chi connectivity index (χ1) is 23.3. The predicted molar refractivity (Wildman–Crippen MR) is 193 cm³/mol. The summed E-state index contributed by atoms with van der Waals surface area (Å²) in [6.07, 6.45) is 0. The maximum absolute atomic E-state index is 5.20. The third-order valence-electron chi connectivity index (χ3n) is 8.85. The summed E-state index contributed by atoms with van der Waals surface area (Å²) in [5.74, 6) is 1.85. The highest BCUT2D eigenvalue weighted by Gasteiger charge is 2.21. The van der Waals surface area contributed by atoms with E-state index in [1.807, 2.05) is 60.7 Å². The van der Waals surface area contributed by atoms with Gasteiger partial charge in [-0.25, -0.2) is 4.98 Å². The second kappa shape index (κ2) is 11.2. The van der Waals surface area contributed by atoms with Gasteiger partial charge in [0.05, 0.1) is 11.0 Å². The van der Waals surface area contributed by atoms with E-state index in [-0.39, 0.29) is 0 Å². The summed E-state index contributed by atoms with van der Waals surface area (Å²) in [5.41, 5.74) is 8.60. The maximum atomic E-state index is 5.20. The first-order valence-electron chi connectivity index (χ1n) is 15.8. The van der Waals surface area contributed by atoms with Crippen molar-refractivity contribution in [1.82, 2.24) is 19.5 Å². The number of nitrogens with zero attached hydrogens (tertiary/aromatic N) is 4. The molecule has 0 aliphatic carbocycles. The molecule has 2 heterocycles. The van der Waals surface area contributed by atoms with E-state index in [0.717, 1.165) is 44.2 Å². The average Bonchev–Trinajstić information content (AvgIpc) is 3.49. The molecule has 0 amide bonds. The van der Waals surface area contributed by atoms with Gasteiger partial charge in [-0.15, -0.1) is 0 Å². The molecule has 4 nitrogen and oxygen atoms in total. The number of aromatic nitrogens is 4. The van der Waals surface area contributed by atoms with Crippen LogP contribution in [0.25, 0.3) is 83.6 Å². The van der Waals surface area contributed by atoms with Crippen molar-refractivity contribution in [3.8, 4) is 51.0 Å². The highest BCUT2D eigenvalue weighted by molar-refractivity contribution is 6.24. The summed E-state index contributed by atoms with van der Waals surface area (Å²) in [7, 11) is 0. The predicted octanol–water partition coefficient (Wildman–Crippen LogP) is 10.8. The topological polar surface area (TPSA) is 43.6 Å². The van der Waals surface area contributed by atoms with Gasteiger partial charge < -0.3 is 0 Å². The Kier molecular flexibility index (Phi) is 6.43. The molecular weight excluding hydrogens is 573 g/mol. The highest BCUT2D eigenvalue weighted by atomic mass is 15.2. The van der Waals surface area contributed by atoms with Crippen LogP contribution in [0.5, 0.6) is 0 Å². The minimum Gasteiger partial charge on any atom is -0.278 e. The fourth-order valence-electron chi connectivity index (χ4n) is 6.66. The molecule has 9 aromatic rings. The second-order valence-electron chi connectivity index (χ2n) is 11.7. The van der Waals surface area contributed by atoms with Crippen LogP contribution in [-0.2, 0) is 0 Å². The molecule has 0 spiro atoms. The Labute approximate surface area is 272 Å². The van der Waals surface area contributed by atoms with Gasteiger partial charge in [0.1, 0.15) is 0 Å². The van der Waals surface area contributed by atoms with Crippen molar-refractivity contribution in [2.24, 2.45) is 0 Å². The Bertz CT molecular complexity index is 2480. The number of benzene rings is 7. The van der Waals surface area contributed by atoms with Crippen LogP contribution in [0.15, 0.2) is 170 Å². The van der Waals surface area contributed by atoms with E-state index >= 15 is 0 Å². The zero-order valence-corrected chi connectivity index (χ0v) is 25.5. The summed E-state index contributed by atoms with van der Waals surface area (Å²) < 4.78 is 2.23. The zero-order chi connectivity index (χ0) is 31.2. The number of hydrogen-bond acceptors (Lipinski definition) is 3. The first-order valence-corrected chi connectivity index (χ1v) is 15.8. The summed E-state index contributed by atoms with van der Waals surface area (Å²) >= 11 is 0. The van der Waals surface area contributed by atoms with Gasteiger partial charge >= 0.3 is 0 Å². The fourth-order valence-corrected chi connectivity index (χ4v) is 6.66. The molecule has 220 valence electrons. The molecular formula is C43H28N4. The molecule has 0 atom stereocenters. The Hall–Kier alpha value is -6.39. The lowest BCUT2D eigenvalue weighted by molar-refractivity contribution is 0.954. The van der Waals surface area contributed by atoms with E-state index in [9.17, 15) is 0 Å². The van der Waals surface area contributed by atoms with Crippen molar-refractivity contribution < 1.29 is 0 Å². The minimum absolute atomic E-state index is 0.581. The molecule has 0 radical (unpaired) electrons. The SMILES string of the molecule is c1ccc(-c2ccc3c4c5ccccc5c(-c5ccccc5)cc4n(-c4nc(-c5ccccc5)nc(-c5ccccc5)n4)c3c2)cc1. The summed E-state index contributed by atoms with van der Waals surface area (Å²) in [6, 6.07) is 59.2. The second-order valence-corrected chi connectivity index (χ2v) is 11.7. The molecule has 4 heteroatoms. The van der Waals surface area contributed by atoms with Gasteiger partial charge in [0, 0.05) is 21.9 Å². The van der Waals surface area contributed by atoms with Crippen LogP contribution in [0, 0.1) is 0 Å². The average molecular weight is 601 g/mol. The molecule has 2 aromatic heterocycles. The molecule has 9 rings (SSSR count). The van der Waals surface area contributed by atoms with Crippen LogP contribution in [0.1, 0.15) is 0 Å². The van der Waals surface area contributed by atoms with E-state index < -0.39 is 0 Å². The van der Waals surface area contributed by atoms with Gasteiger partial charge in [-0.05, 0) is 45.2 Å². The standard InChI is InChI=1S/C43H28N4/c1-5-15-29(16-6-1)33-25-26-36-38(27-33)47(39-28-37(30-17-7-2-8-18-30)34-23-13-14-24-35(34)40(36)39)43-45-41(31-19-9-3-10-20-31)44-42(46-43)32-21-11-4-12-22-32/h1-28H. The van der Waals surface area contributed by atoms with Gasteiger partial charge in [0.2, 0.25) is 5.95 Å². The normalized spacial score (nSPS) is 11.4. The van der Waals surface area contributed by atoms with Gasteiger partial charge in [0.15, 0.2) is 11.6 Å². The van der Waals surface area contributed by atoms with Gasteiger partial charge in [-0.2, -0.15) is 9.97 Å². The third-order valence-corrected chi connectivity index (χ3v) is 8.85. The van der Waals surface area contributed by atoms with Gasteiger partial charge in [-0.1, -0.05) is 158 Å². The quantitative estimate of drug-likeness (QED) is 0.197. The Balaban J connectivity index is 1.44. The molecule has 47 heavy (non-hydrogen) atoms. The van der Waals surface area contributed by atoms with Crippen LogP contribution in [0.4, 0.5) is 0 Å². The molecule has 0 saturated heterocycles.